The molecule has 0 aliphatic carbocycles. The average Bonchev–Trinajstić information content (AvgIpc) is 2.57. The summed E-state index contributed by atoms with van der Waals surface area (Å²) in [6.07, 6.45) is 3.68. The molecular weight excluding hydrogens is 379 g/mol. The van der Waals surface area contributed by atoms with E-state index in [1.54, 1.807) is 21.8 Å². The van der Waals surface area contributed by atoms with Crippen LogP contribution in [-0.4, -0.2) is 0 Å². The van der Waals surface area contributed by atoms with E-state index in [1.165, 1.54) is 19.3 Å². The molecule has 0 amide bonds. The Balaban J connectivity index is 1.98. The number of fused-ring (bicyclic) bond motifs is 2. The summed E-state index contributed by atoms with van der Waals surface area (Å²) in [5.74, 6) is 0. The molecule has 1 aliphatic rings. The average molecular weight is 398 g/mol. The van der Waals surface area contributed by atoms with E-state index >= 15 is 0 Å². The Morgan fingerprint density at radius 1 is 0.545 bits per heavy atom. The van der Waals surface area contributed by atoms with E-state index in [-0.39, 0.29) is 0 Å². The van der Waals surface area contributed by atoms with Crippen LogP contribution in [0.25, 0.3) is 0 Å². The molecule has 0 aromatic heterocycles. The molecule has 0 nitrogen and oxygen atoms in total. The summed E-state index contributed by atoms with van der Waals surface area (Å²) in [5.41, 5.74) is 3.15. The minimum atomic E-state index is -1.57. The van der Waals surface area contributed by atoms with E-state index in [9.17, 15) is 0 Å². The van der Waals surface area contributed by atoms with Gasteiger partial charge in [0, 0.05) is 0 Å². The Bertz CT molecular complexity index is 729. The predicted molar refractivity (Wildman–Crippen MR) is 101 cm³/mol. The minimum absolute atomic E-state index is 1.21. The fourth-order valence-corrected chi connectivity index (χ4v) is 9.65. The Kier molecular flexibility index (Phi) is 3.98. The van der Waals surface area contributed by atoms with Crippen LogP contribution in [0.1, 0.15) is 17.5 Å². The Morgan fingerprint density at radius 2 is 1.05 bits per heavy atom. The van der Waals surface area contributed by atoms with Crippen molar-refractivity contribution in [2.24, 2.45) is 0 Å². The monoisotopic (exact) mass is 398 g/mol. The van der Waals surface area contributed by atoms with Crippen molar-refractivity contribution in [1.82, 2.24) is 0 Å². The molecule has 1 heterocycles. The topological polar surface area (TPSA) is 0 Å². The van der Waals surface area contributed by atoms with Gasteiger partial charge in [-0.05, 0) is 0 Å². The molecule has 4 rings (SSSR count). The van der Waals surface area contributed by atoms with Crippen molar-refractivity contribution in [3.8, 4) is 0 Å². The van der Waals surface area contributed by atoms with Crippen molar-refractivity contribution >= 4 is 19.8 Å². The Labute approximate surface area is 139 Å². The normalized spacial score (nSPS) is 15.4. The molecule has 0 spiro atoms. The van der Waals surface area contributed by atoms with Crippen molar-refractivity contribution in [2.45, 2.75) is 19.3 Å². The van der Waals surface area contributed by atoms with Crippen LogP contribution in [0.5, 0.6) is 0 Å². The Morgan fingerprint density at radius 3 is 1.64 bits per heavy atom. The van der Waals surface area contributed by atoms with Crippen LogP contribution in [0.3, 0.4) is 0 Å². The molecule has 3 aromatic carbocycles. The maximum atomic E-state index is 2.38. The van der Waals surface area contributed by atoms with Crippen LogP contribution in [0.15, 0.2) is 78.9 Å². The zero-order chi connectivity index (χ0) is 14.8. The molecule has 0 bridgehead atoms. The third kappa shape index (κ3) is 2.58. The van der Waals surface area contributed by atoms with Gasteiger partial charge in [-0.25, -0.2) is 0 Å². The summed E-state index contributed by atoms with van der Waals surface area (Å²) in [7, 11) is 0. The summed E-state index contributed by atoms with van der Waals surface area (Å²) >= 11 is -1.57. The van der Waals surface area contributed by atoms with Crippen LogP contribution in [-0.2, 0) is 12.8 Å². The van der Waals surface area contributed by atoms with Gasteiger partial charge in [-0.2, -0.15) is 0 Å². The molecule has 0 saturated carbocycles. The maximum absolute atomic E-state index is 2.38. The van der Waals surface area contributed by atoms with Crippen molar-refractivity contribution in [1.29, 1.82) is 0 Å². The summed E-state index contributed by atoms with van der Waals surface area (Å²) in [6.45, 7) is 0. The first-order chi connectivity index (χ1) is 10.9. The molecule has 1 heteroatoms. The SMILES string of the molecule is c1ccc(I2c3ccccc3CCCc3ccccc32)cc1. The predicted octanol–water partition coefficient (Wildman–Crippen LogP) is 5.59. The standard InChI is InChI=1S/C21H19I/c1-2-13-19(14-3-1)22-20-15-6-4-9-17(20)11-8-12-18-10-5-7-16-21(18)22/h1-7,9-10,13-16H,8,11-12H2. The molecule has 0 N–H and O–H groups in total. The molecule has 22 heavy (non-hydrogen) atoms. The zero-order valence-corrected chi connectivity index (χ0v) is 14.7. The number of aryl methyl sites for hydroxylation is 2. The molecule has 0 unspecified atom stereocenters. The van der Waals surface area contributed by atoms with Crippen LogP contribution in [0, 0.1) is 10.7 Å². The molecule has 0 atom stereocenters. The van der Waals surface area contributed by atoms with Gasteiger partial charge in [0.05, 0.1) is 0 Å². The molecule has 0 saturated heterocycles. The third-order valence-corrected chi connectivity index (χ3v) is 10.6. The van der Waals surface area contributed by atoms with Gasteiger partial charge in [-0.1, -0.05) is 0 Å². The van der Waals surface area contributed by atoms with Gasteiger partial charge in [0.15, 0.2) is 0 Å². The van der Waals surface area contributed by atoms with E-state index in [0.717, 1.165) is 0 Å². The van der Waals surface area contributed by atoms with E-state index < -0.39 is 19.8 Å². The number of hydrogen-bond acceptors (Lipinski definition) is 0. The van der Waals surface area contributed by atoms with Crippen LogP contribution in [0.4, 0.5) is 0 Å². The molecule has 0 fully saturated rings. The van der Waals surface area contributed by atoms with E-state index in [4.69, 9.17) is 0 Å². The third-order valence-electron chi connectivity index (χ3n) is 4.17. The summed E-state index contributed by atoms with van der Waals surface area (Å²) in [6, 6.07) is 29.5. The van der Waals surface area contributed by atoms with Gasteiger partial charge in [0.2, 0.25) is 0 Å². The van der Waals surface area contributed by atoms with Gasteiger partial charge in [0.25, 0.3) is 0 Å². The first-order valence-corrected chi connectivity index (χ1v) is 11.1. The number of halogens is 1. The molecule has 110 valence electrons. The second-order valence-corrected chi connectivity index (χ2v) is 10.8. The van der Waals surface area contributed by atoms with E-state index in [2.05, 4.69) is 78.9 Å². The quantitative estimate of drug-likeness (QED) is 0.469. The second kappa shape index (κ2) is 6.25. The van der Waals surface area contributed by atoms with Crippen LogP contribution >= 0.6 is 19.8 Å². The van der Waals surface area contributed by atoms with Crippen molar-refractivity contribution in [3.63, 3.8) is 0 Å². The fourth-order valence-electron chi connectivity index (χ4n) is 3.13. The summed E-state index contributed by atoms with van der Waals surface area (Å²) < 4.78 is 4.81. The second-order valence-electron chi connectivity index (χ2n) is 5.62. The zero-order valence-electron chi connectivity index (χ0n) is 12.5. The first kappa shape index (κ1) is 14.0. The fraction of sp³-hybridized carbons (Fsp3) is 0.143. The number of rotatable bonds is 1. The van der Waals surface area contributed by atoms with Crippen LogP contribution in [0.2, 0.25) is 0 Å². The van der Waals surface area contributed by atoms with Crippen molar-refractivity contribution in [2.75, 3.05) is 0 Å². The summed E-state index contributed by atoms with van der Waals surface area (Å²) in [4.78, 5) is 0. The van der Waals surface area contributed by atoms with E-state index in [0.29, 0.717) is 0 Å². The van der Waals surface area contributed by atoms with Gasteiger partial charge in [0.1, 0.15) is 0 Å². The molecular formula is C21H19I. The van der Waals surface area contributed by atoms with Crippen LogP contribution < -0.4 is 0 Å². The van der Waals surface area contributed by atoms with Gasteiger partial charge >= 0.3 is 140 Å². The first-order valence-electron chi connectivity index (χ1n) is 7.84. The molecule has 1 aliphatic heterocycles. The van der Waals surface area contributed by atoms with E-state index in [1.807, 2.05) is 0 Å². The summed E-state index contributed by atoms with van der Waals surface area (Å²) in [5, 5.41) is 0. The molecule has 0 radical (unpaired) electrons. The molecule has 3 aromatic rings. The van der Waals surface area contributed by atoms with Crippen molar-refractivity contribution in [3.05, 3.63) is 101 Å². The van der Waals surface area contributed by atoms with Gasteiger partial charge in [-0.3, -0.25) is 0 Å². The van der Waals surface area contributed by atoms with Gasteiger partial charge < -0.3 is 0 Å². The Hall–Kier alpha value is -1.61. The number of hydrogen-bond donors (Lipinski definition) is 0. The number of benzene rings is 3. The van der Waals surface area contributed by atoms with Gasteiger partial charge in [-0.15, -0.1) is 0 Å². The van der Waals surface area contributed by atoms with Crippen molar-refractivity contribution < 1.29 is 0 Å².